The Balaban J connectivity index is 2.18. The molecule has 0 radical (unpaired) electrons. The number of aliphatic hydroxyl groups is 1. The molecule has 2 unspecified atom stereocenters. The summed E-state index contributed by atoms with van der Waals surface area (Å²) in [4.78, 5) is 17.0. The molecule has 4 nitrogen and oxygen atoms in total. The van der Waals surface area contributed by atoms with E-state index in [1.165, 1.54) is 0 Å². The minimum atomic E-state index is -0.228. The van der Waals surface area contributed by atoms with Crippen LogP contribution >= 0.6 is 0 Å². The molecule has 0 saturated carbocycles. The van der Waals surface area contributed by atoms with Crippen LogP contribution in [0.15, 0.2) is 30.3 Å². The normalized spacial score (nSPS) is 20.6. The number of piperidine rings is 1. The number of amides is 1. The van der Waals surface area contributed by atoms with Crippen LogP contribution in [0.25, 0.3) is 0 Å². The van der Waals surface area contributed by atoms with Gasteiger partial charge in [0.1, 0.15) is 6.04 Å². The van der Waals surface area contributed by atoms with Crippen molar-refractivity contribution in [1.82, 2.24) is 9.80 Å². The average molecular weight is 290 g/mol. The Bertz CT molecular complexity index is 449. The number of aliphatic hydroxyl groups excluding tert-OH is 1. The summed E-state index contributed by atoms with van der Waals surface area (Å²) in [5.41, 5.74) is 1.04. The van der Waals surface area contributed by atoms with Gasteiger partial charge in [-0.2, -0.15) is 0 Å². The highest BCUT2D eigenvalue weighted by Crippen LogP contribution is 2.25. The van der Waals surface area contributed by atoms with E-state index in [0.29, 0.717) is 6.54 Å². The minimum absolute atomic E-state index is 0.156. The Hall–Kier alpha value is -1.39. The number of likely N-dealkylation sites (N-methyl/N-ethyl adjacent to an activating group) is 1. The van der Waals surface area contributed by atoms with Gasteiger partial charge < -0.3 is 10.0 Å². The zero-order valence-electron chi connectivity index (χ0n) is 13.0. The van der Waals surface area contributed by atoms with E-state index in [9.17, 15) is 9.90 Å². The smallest absolute Gasteiger partial charge is 0.244 e. The van der Waals surface area contributed by atoms with Crippen LogP contribution in [-0.4, -0.2) is 54.1 Å². The molecular weight excluding hydrogens is 264 g/mol. The number of nitrogens with zero attached hydrogens (tertiary/aromatic N) is 2. The van der Waals surface area contributed by atoms with Gasteiger partial charge in [0.15, 0.2) is 0 Å². The molecule has 1 amide bonds. The molecule has 2 atom stereocenters. The van der Waals surface area contributed by atoms with Crippen molar-refractivity contribution in [2.45, 2.75) is 25.8 Å². The second-order valence-electron chi connectivity index (χ2n) is 5.86. The molecule has 0 aromatic heterocycles. The molecule has 0 bridgehead atoms. The van der Waals surface area contributed by atoms with Crippen LogP contribution in [-0.2, 0) is 4.79 Å². The summed E-state index contributed by atoms with van der Waals surface area (Å²) in [6.45, 7) is 4.54. The fraction of sp³-hybridized carbons (Fsp3) is 0.588. The first-order chi connectivity index (χ1) is 10.2. The van der Waals surface area contributed by atoms with Crippen molar-refractivity contribution >= 4 is 5.91 Å². The standard InChI is InChI=1S/C17H26N2O2/c1-3-18(2)16(15-9-5-4-6-10-15)17(21)19-11-7-8-14(12-19)13-20/h4-6,9-10,14,16,20H,3,7-8,11-13H2,1-2H3. The van der Waals surface area contributed by atoms with E-state index in [2.05, 4.69) is 11.8 Å². The van der Waals surface area contributed by atoms with Crippen LogP contribution in [0.4, 0.5) is 0 Å². The summed E-state index contributed by atoms with van der Waals surface area (Å²) in [7, 11) is 1.99. The van der Waals surface area contributed by atoms with E-state index in [4.69, 9.17) is 0 Å². The molecule has 1 heterocycles. The maximum absolute atomic E-state index is 13.0. The maximum atomic E-state index is 13.0. The second-order valence-corrected chi connectivity index (χ2v) is 5.86. The van der Waals surface area contributed by atoms with E-state index in [1.807, 2.05) is 42.3 Å². The summed E-state index contributed by atoms with van der Waals surface area (Å²) >= 11 is 0. The largest absolute Gasteiger partial charge is 0.396 e. The van der Waals surface area contributed by atoms with Crippen molar-refractivity contribution in [3.05, 3.63) is 35.9 Å². The van der Waals surface area contributed by atoms with E-state index in [-0.39, 0.29) is 24.5 Å². The molecular formula is C17H26N2O2. The average Bonchev–Trinajstić information content (AvgIpc) is 2.55. The topological polar surface area (TPSA) is 43.8 Å². The maximum Gasteiger partial charge on any atom is 0.244 e. The minimum Gasteiger partial charge on any atom is -0.396 e. The van der Waals surface area contributed by atoms with Gasteiger partial charge in [0.05, 0.1) is 0 Å². The molecule has 0 spiro atoms. The fourth-order valence-electron chi connectivity index (χ4n) is 2.99. The molecule has 1 aliphatic heterocycles. The van der Waals surface area contributed by atoms with Gasteiger partial charge in [-0.3, -0.25) is 9.69 Å². The lowest BCUT2D eigenvalue weighted by atomic mass is 9.97. The lowest BCUT2D eigenvalue weighted by Gasteiger charge is -2.36. The fourth-order valence-corrected chi connectivity index (χ4v) is 2.99. The lowest BCUT2D eigenvalue weighted by Crippen LogP contribution is -2.46. The molecule has 1 aromatic rings. The molecule has 1 fully saturated rings. The number of benzene rings is 1. The SMILES string of the molecule is CCN(C)C(C(=O)N1CCCC(CO)C1)c1ccccc1. The Morgan fingerprint density at radius 2 is 2.14 bits per heavy atom. The Morgan fingerprint density at radius 3 is 2.76 bits per heavy atom. The van der Waals surface area contributed by atoms with Gasteiger partial charge in [0.2, 0.25) is 5.91 Å². The number of hydrogen-bond acceptors (Lipinski definition) is 3. The van der Waals surface area contributed by atoms with Gasteiger partial charge in [-0.1, -0.05) is 37.3 Å². The van der Waals surface area contributed by atoms with Crippen molar-refractivity contribution in [3.8, 4) is 0 Å². The molecule has 4 heteroatoms. The summed E-state index contributed by atoms with van der Waals surface area (Å²) in [5.74, 6) is 0.384. The van der Waals surface area contributed by atoms with Crippen molar-refractivity contribution in [2.75, 3.05) is 33.3 Å². The van der Waals surface area contributed by atoms with Gasteiger partial charge in [0.25, 0.3) is 0 Å². The number of carbonyl (C=O) groups excluding carboxylic acids is 1. The van der Waals surface area contributed by atoms with Crippen LogP contribution < -0.4 is 0 Å². The number of rotatable bonds is 5. The molecule has 1 aromatic carbocycles. The Kier molecular flexibility index (Phi) is 5.76. The predicted molar refractivity (Wildman–Crippen MR) is 83.9 cm³/mol. The second kappa shape index (κ2) is 7.57. The number of carbonyl (C=O) groups is 1. The Morgan fingerprint density at radius 1 is 1.43 bits per heavy atom. The third kappa shape index (κ3) is 3.83. The third-order valence-corrected chi connectivity index (χ3v) is 4.38. The van der Waals surface area contributed by atoms with Crippen LogP contribution in [0.2, 0.25) is 0 Å². The monoisotopic (exact) mass is 290 g/mol. The molecule has 116 valence electrons. The molecule has 0 aliphatic carbocycles. The zero-order valence-corrected chi connectivity index (χ0v) is 13.0. The van der Waals surface area contributed by atoms with Gasteiger partial charge in [0, 0.05) is 19.7 Å². The van der Waals surface area contributed by atoms with Crippen molar-refractivity contribution < 1.29 is 9.90 Å². The molecule has 1 N–H and O–H groups in total. The molecule has 2 rings (SSSR count). The van der Waals surface area contributed by atoms with E-state index in [1.54, 1.807) is 0 Å². The van der Waals surface area contributed by atoms with Crippen molar-refractivity contribution in [2.24, 2.45) is 5.92 Å². The van der Waals surface area contributed by atoms with Crippen molar-refractivity contribution in [3.63, 3.8) is 0 Å². The Labute approximate surface area is 127 Å². The summed E-state index contributed by atoms with van der Waals surface area (Å²) in [5, 5.41) is 9.35. The number of hydrogen-bond donors (Lipinski definition) is 1. The van der Waals surface area contributed by atoms with Gasteiger partial charge in [-0.25, -0.2) is 0 Å². The third-order valence-electron chi connectivity index (χ3n) is 4.38. The number of likely N-dealkylation sites (tertiary alicyclic amines) is 1. The van der Waals surface area contributed by atoms with E-state index < -0.39 is 0 Å². The first-order valence-corrected chi connectivity index (χ1v) is 7.82. The zero-order chi connectivity index (χ0) is 15.2. The molecule has 21 heavy (non-hydrogen) atoms. The first kappa shape index (κ1) is 16.0. The molecule has 1 aliphatic rings. The highest BCUT2D eigenvalue weighted by molar-refractivity contribution is 5.83. The van der Waals surface area contributed by atoms with Crippen LogP contribution in [0.1, 0.15) is 31.4 Å². The van der Waals surface area contributed by atoms with Gasteiger partial charge in [-0.05, 0) is 37.9 Å². The molecule has 1 saturated heterocycles. The first-order valence-electron chi connectivity index (χ1n) is 7.82. The summed E-state index contributed by atoms with van der Waals surface area (Å²) in [6, 6.07) is 9.73. The van der Waals surface area contributed by atoms with E-state index >= 15 is 0 Å². The lowest BCUT2D eigenvalue weighted by molar-refractivity contribution is -0.139. The van der Waals surface area contributed by atoms with Gasteiger partial charge in [-0.15, -0.1) is 0 Å². The van der Waals surface area contributed by atoms with Crippen LogP contribution in [0.3, 0.4) is 0 Å². The summed E-state index contributed by atoms with van der Waals surface area (Å²) < 4.78 is 0. The van der Waals surface area contributed by atoms with Crippen molar-refractivity contribution in [1.29, 1.82) is 0 Å². The van der Waals surface area contributed by atoms with Gasteiger partial charge >= 0.3 is 0 Å². The summed E-state index contributed by atoms with van der Waals surface area (Å²) in [6.07, 6.45) is 1.99. The van der Waals surface area contributed by atoms with E-state index in [0.717, 1.165) is 31.5 Å². The quantitative estimate of drug-likeness (QED) is 0.901. The highest BCUT2D eigenvalue weighted by Gasteiger charge is 2.31. The predicted octanol–water partition coefficient (Wildman–Crippen LogP) is 1.91. The highest BCUT2D eigenvalue weighted by atomic mass is 16.3. The van der Waals surface area contributed by atoms with Crippen LogP contribution in [0, 0.1) is 5.92 Å². The van der Waals surface area contributed by atoms with Crippen LogP contribution in [0.5, 0.6) is 0 Å².